The Balaban J connectivity index is 2.41. The summed E-state index contributed by atoms with van der Waals surface area (Å²) < 4.78 is 27.1. The number of hydrogen-bond acceptors (Lipinski definition) is 3. The van der Waals surface area contributed by atoms with Crippen molar-refractivity contribution in [3.8, 4) is 0 Å². The van der Waals surface area contributed by atoms with E-state index in [9.17, 15) is 13.2 Å². The Morgan fingerprint density at radius 2 is 1.82 bits per heavy atom. The van der Waals surface area contributed by atoms with E-state index in [1.54, 1.807) is 6.92 Å². The predicted octanol–water partition coefficient (Wildman–Crippen LogP) is 3.80. The third-order valence-corrected chi connectivity index (χ3v) is 4.98. The molecule has 0 aliphatic carbocycles. The van der Waals surface area contributed by atoms with Crippen LogP contribution in [0.1, 0.15) is 15.9 Å². The van der Waals surface area contributed by atoms with Gasteiger partial charge in [0.15, 0.2) is 0 Å². The van der Waals surface area contributed by atoms with Crippen LogP contribution in [0.25, 0.3) is 0 Å². The van der Waals surface area contributed by atoms with Gasteiger partial charge in [-0.15, -0.1) is 0 Å². The van der Waals surface area contributed by atoms with Gasteiger partial charge < -0.3 is 5.11 Å². The van der Waals surface area contributed by atoms with Gasteiger partial charge in [-0.05, 0) is 48.9 Å². The first-order valence-corrected chi connectivity index (χ1v) is 8.26. The fraction of sp³-hybridized carbons (Fsp3) is 0.0714. The molecule has 0 aromatic heterocycles. The number of halogens is 2. The van der Waals surface area contributed by atoms with E-state index < -0.39 is 16.0 Å². The zero-order valence-electron chi connectivity index (χ0n) is 11.3. The zero-order valence-corrected chi connectivity index (χ0v) is 13.6. The summed E-state index contributed by atoms with van der Waals surface area (Å²) in [6.45, 7) is 1.60. The summed E-state index contributed by atoms with van der Waals surface area (Å²) in [4.78, 5) is 10.7. The SMILES string of the molecule is Cc1cc(C(=O)O)ccc1NS(=O)(=O)c1cc(Cl)ccc1Cl. The molecular formula is C14H11Cl2NO4S. The van der Waals surface area contributed by atoms with Crippen molar-refractivity contribution in [3.63, 3.8) is 0 Å². The number of hydrogen-bond donors (Lipinski definition) is 2. The van der Waals surface area contributed by atoms with Crippen LogP contribution in [0.15, 0.2) is 41.3 Å². The Morgan fingerprint density at radius 3 is 2.41 bits per heavy atom. The highest BCUT2D eigenvalue weighted by Crippen LogP contribution is 2.28. The molecule has 2 aromatic rings. The number of sulfonamides is 1. The Hall–Kier alpha value is -1.76. The summed E-state index contributed by atoms with van der Waals surface area (Å²) in [6, 6.07) is 8.18. The van der Waals surface area contributed by atoms with Crippen molar-refractivity contribution in [3.05, 3.63) is 57.6 Å². The number of carboxylic acids is 1. The number of aryl methyl sites for hydroxylation is 1. The quantitative estimate of drug-likeness (QED) is 0.869. The Labute approximate surface area is 137 Å². The van der Waals surface area contributed by atoms with Crippen LogP contribution in [0.5, 0.6) is 0 Å². The topological polar surface area (TPSA) is 83.5 Å². The normalized spacial score (nSPS) is 11.2. The first kappa shape index (κ1) is 16.6. The van der Waals surface area contributed by atoms with E-state index in [2.05, 4.69) is 4.72 Å². The number of carboxylic acid groups (broad SMARTS) is 1. The van der Waals surface area contributed by atoms with Gasteiger partial charge in [0, 0.05) is 5.02 Å². The fourth-order valence-corrected chi connectivity index (χ4v) is 3.69. The fourth-order valence-electron chi connectivity index (χ4n) is 1.79. The van der Waals surface area contributed by atoms with Gasteiger partial charge in [-0.25, -0.2) is 13.2 Å². The van der Waals surface area contributed by atoms with E-state index in [-0.39, 0.29) is 26.2 Å². The highest BCUT2D eigenvalue weighted by molar-refractivity contribution is 7.92. The highest BCUT2D eigenvalue weighted by atomic mass is 35.5. The van der Waals surface area contributed by atoms with Crippen LogP contribution in [-0.2, 0) is 10.0 Å². The monoisotopic (exact) mass is 359 g/mol. The first-order valence-electron chi connectivity index (χ1n) is 6.02. The molecule has 2 N–H and O–H groups in total. The lowest BCUT2D eigenvalue weighted by Crippen LogP contribution is -2.14. The van der Waals surface area contributed by atoms with Crippen molar-refractivity contribution in [2.75, 3.05) is 4.72 Å². The maximum Gasteiger partial charge on any atom is 0.335 e. The van der Waals surface area contributed by atoms with Gasteiger partial charge in [0.25, 0.3) is 10.0 Å². The summed E-state index contributed by atoms with van der Waals surface area (Å²) in [5.74, 6) is -1.09. The van der Waals surface area contributed by atoms with Crippen molar-refractivity contribution >= 4 is 44.9 Å². The molecule has 116 valence electrons. The van der Waals surface area contributed by atoms with E-state index in [1.165, 1.54) is 36.4 Å². The van der Waals surface area contributed by atoms with Gasteiger partial charge in [0.1, 0.15) is 4.90 Å². The predicted molar refractivity (Wildman–Crippen MR) is 85.4 cm³/mol. The van der Waals surface area contributed by atoms with E-state index >= 15 is 0 Å². The lowest BCUT2D eigenvalue weighted by molar-refractivity contribution is 0.0697. The van der Waals surface area contributed by atoms with Crippen LogP contribution in [0.4, 0.5) is 5.69 Å². The lowest BCUT2D eigenvalue weighted by atomic mass is 10.1. The molecule has 0 aliphatic rings. The molecule has 0 unspecified atom stereocenters. The Morgan fingerprint density at radius 1 is 1.14 bits per heavy atom. The summed E-state index contributed by atoms with van der Waals surface area (Å²) >= 11 is 11.7. The van der Waals surface area contributed by atoms with Crippen LogP contribution in [0.2, 0.25) is 10.0 Å². The molecule has 0 saturated heterocycles. The molecule has 0 bridgehead atoms. The molecule has 0 spiro atoms. The minimum atomic E-state index is -3.94. The van der Waals surface area contributed by atoms with Crippen molar-refractivity contribution in [2.24, 2.45) is 0 Å². The van der Waals surface area contributed by atoms with Crippen molar-refractivity contribution in [1.82, 2.24) is 0 Å². The Bertz CT molecular complexity index is 850. The lowest BCUT2D eigenvalue weighted by Gasteiger charge is -2.12. The molecule has 0 atom stereocenters. The van der Waals surface area contributed by atoms with Crippen LogP contribution < -0.4 is 4.72 Å². The van der Waals surface area contributed by atoms with Gasteiger partial charge >= 0.3 is 5.97 Å². The molecule has 22 heavy (non-hydrogen) atoms. The second kappa shape index (κ2) is 6.16. The molecule has 0 fully saturated rings. The van der Waals surface area contributed by atoms with Gasteiger partial charge in [-0.2, -0.15) is 0 Å². The minimum absolute atomic E-state index is 0.0386. The van der Waals surface area contributed by atoms with E-state index in [1.807, 2.05) is 0 Å². The molecule has 2 rings (SSSR count). The van der Waals surface area contributed by atoms with Crippen LogP contribution in [0.3, 0.4) is 0 Å². The largest absolute Gasteiger partial charge is 0.478 e. The van der Waals surface area contributed by atoms with Gasteiger partial charge in [-0.3, -0.25) is 4.72 Å². The molecule has 0 radical (unpaired) electrons. The van der Waals surface area contributed by atoms with Gasteiger partial charge in [0.2, 0.25) is 0 Å². The van der Waals surface area contributed by atoms with Crippen molar-refractivity contribution < 1.29 is 18.3 Å². The van der Waals surface area contributed by atoms with Crippen LogP contribution in [-0.4, -0.2) is 19.5 Å². The third kappa shape index (κ3) is 3.52. The van der Waals surface area contributed by atoms with Crippen LogP contribution in [0, 0.1) is 6.92 Å². The average Bonchev–Trinajstić information content (AvgIpc) is 2.43. The summed E-state index contributed by atoms with van der Waals surface area (Å²) in [5, 5.41) is 9.18. The number of rotatable bonds is 4. The number of aromatic carboxylic acids is 1. The molecule has 0 aliphatic heterocycles. The molecule has 8 heteroatoms. The van der Waals surface area contributed by atoms with Gasteiger partial charge in [-0.1, -0.05) is 23.2 Å². The summed E-state index contributed by atoms with van der Waals surface area (Å²) in [5.41, 5.74) is 0.809. The molecule has 0 amide bonds. The van der Waals surface area contributed by atoms with Crippen molar-refractivity contribution in [2.45, 2.75) is 11.8 Å². The van der Waals surface area contributed by atoms with E-state index in [0.717, 1.165) is 0 Å². The van der Waals surface area contributed by atoms with E-state index in [0.29, 0.717) is 5.56 Å². The number of anilines is 1. The molecule has 0 heterocycles. The zero-order chi connectivity index (χ0) is 16.5. The number of nitrogens with one attached hydrogen (secondary N) is 1. The van der Waals surface area contributed by atoms with Crippen LogP contribution >= 0.6 is 23.2 Å². The van der Waals surface area contributed by atoms with Crippen molar-refractivity contribution in [1.29, 1.82) is 0 Å². The van der Waals surface area contributed by atoms with E-state index in [4.69, 9.17) is 28.3 Å². The van der Waals surface area contributed by atoms with Gasteiger partial charge in [0.05, 0.1) is 16.3 Å². The second-order valence-electron chi connectivity index (χ2n) is 4.52. The maximum atomic E-state index is 12.4. The summed E-state index contributed by atoms with van der Waals surface area (Å²) in [6.07, 6.45) is 0. The second-order valence-corrected chi connectivity index (χ2v) is 7.01. The first-order chi connectivity index (χ1) is 10.2. The number of benzene rings is 2. The molecule has 0 saturated carbocycles. The summed E-state index contributed by atoms with van der Waals surface area (Å²) in [7, 11) is -3.94. The Kier molecular flexibility index (Phi) is 4.65. The average molecular weight is 360 g/mol. The number of carbonyl (C=O) groups is 1. The smallest absolute Gasteiger partial charge is 0.335 e. The standard InChI is InChI=1S/C14H11Cl2NO4S/c1-8-6-9(14(18)19)2-5-12(8)17-22(20,21)13-7-10(15)3-4-11(13)16/h2-7,17H,1H3,(H,18,19). The maximum absolute atomic E-state index is 12.4. The minimum Gasteiger partial charge on any atom is -0.478 e. The highest BCUT2D eigenvalue weighted by Gasteiger charge is 2.19. The molecular weight excluding hydrogens is 349 g/mol. The molecule has 2 aromatic carbocycles. The third-order valence-electron chi connectivity index (χ3n) is 2.90. The molecule has 5 nitrogen and oxygen atoms in total.